The van der Waals surface area contributed by atoms with E-state index in [4.69, 9.17) is 15.0 Å². The molecule has 1 aromatic carbocycles. The van der Waals surface area contributed by atoms with Crippen LogP contribution in [0.3, 0.4) is 0 Å². The molecule has 0 saturated heterocycles. The smallest absolute Gasteiger partial charge is 0.207 e. The Morgan fingerprint density at radius 2 is 2.00 bits per heavy atom. The molecule has 0 aliphatic carbocycles. The van der Waals surface area contributed by atoms with Crippen molar-refractivity contribution in [1.29, 1.82) is 0 Å². The van der Waals surface area contributed by atoms with Gasteiger partial charge in [-0.1, -0.05) is 30.3 Å². The van der Waals surface area contributed by atoms with Gasteiger partial charge in [0.15, 0.2) is 0 Å². The van der Waals surface area contributed by atoms with E-state index in [-0.39, 0.29) is 12.1 Å². The summed E-state index contributed by atoms with van der Waals surface area (Å²) in [7, 11) is 0. The zero-order chi connectivity index (χ0) is 14.7. The zero-order valence-corrected chi connectivity index (χ0v) is 12.1. The molecule has 0 spiro atoms. The number of aryl methyl sites for hydroxylation is 1. The maximum Gasteiger partial charge on any atom is 0.207 e. The van der Waals surface area contributed by atoms with Gasteiger partial charge in [-0.2, -0.15) is 0 Å². The first-order chi connectivity index (χ1) is 10.2. The Hall–Kier alpha value is -2.20. The molecule has 0 bridgehead atoms. The van der Waals surface area contributed by atoms with Crippen LogP contribution < -0.4 is 5.73 Å². The summed E-state index contributed by atoms with van der Waals surface area (Å²) in [4.78, 5) is 5.66. The third kappa shape index (κ3) is 3.11. The van der Waals surface area contributed by atoms with Crippen LogP contribution in [0, 0.1) is 0 Å². The van der Waals surface area contributed by atoms with E-state index in [2.05, 4.69) is 31.2 Å². The van der Waals surface area contributed by atoms with Crippen LogP contribution in [-0.4, -0.2) is 11.1 Å². The Kier molecular flexibility index (Phi) is 3.97. The van der Waals surface area contributed by atoms with Crippen LogP contribution in [0.4, 0.5) is 0 Å². The first-order valence-electron chi connectivity index (χ1n) is 7.25. The van der Waals surface area contributed by atoms with E-state index in [1.807, 2.05) is 29.3 Å². The summed E-state index contributed by atoms with van der Waals surface area (Å²) in [6.45, 7) is 2.14. The minimum absolute atomic E-state index is 0.0502. The van der Waals surface area contributed by atoms with Crippen LogP contribution >= 0.6 is 0 Å². The Morgan fingerprint density at radius 1 is 1.19 bits per heavy atom. The molecule has 4 heteroatoms. The van der Waals surface area contributed by atoms with Crippen molar-refractivity contribution in [3.63, 3.8) is 0 Å². The molecular formula is C17H20N2O2. The van der Waals surface area contributed by atoms with Crippen molar-refractivity contribution >= 4 is 0 Å². The number of nitrogens with zero attached hydrogens (tertiary/aromatic N) is 1. The SMILES string of the molecule is CC(CCc1ccccc1)N1OC(N)=CC1c1ccco1. The minimum atomic E-state index is -0.0502. The summed E-state index contributed by atoms with van der Waals surface area (Å²) in [5.74, 6) is 1.28. The summed E-state index contributed by atoms with van der Waals surface area (Å²) >= 11 is 0. The van der Waals surface area contributed by atoms with Crippen LogP contribution in [0.2, 0.25) is 0 Å². The topological polar surface area (TPSA) is 51.6 Å². The van der Waals surface area contributed by atoms with Crippen LogP contribution in [0.25, 0.3) is 0 Å². The highest BCUT2D eigenvalue weighted by Gasteiger charge is 2.32. The van der Waals surface area contributed by atoms with Gasteiger partial charge in [0.25, 0.3) is 0 Å². The average molecular weight is 284 g/mol. The molecule has 0 saturated carbocycles. The number of benzene rings is 1. The lowest BCUT2D eigenvalue weighted by atomic mass is 10.0. The molecule has 1 aliphatic heterocycles. The predicted molar refractivity (Wildman–Crippen MR) is 80.9 cm³/mol. The minimum Gasteiger partial charge on any atom is -0.467 e. The van der Waals surface area contributed by atoms with Crippen molar-refractivity contribution in [2.24, 2.45) is 5.73 Å². The number of furan rings is 1. The third-order valence-electron chi connectivity index (χ3n) is 3.77. The van der Waals surface area contributed by atoms with E-state index in [0.717, 1.165) is 18.6 Å². The van der Waals surface area contributed by atoms with Crippen LogP contribution in [-0.2, 0) is 11.3 Å². The molecular weight excluding hydrogens is 264 g/mol. The van der Waals surface area contributed by atoms with Gasteiger partial charge >= 0.3 is 0 Å². The molecule has 2 N–H and O–H groups in total. The van der Waals surface area contributed by atoms with Gasteiger partial charge < -0.3 is 15.0 Å². The maximum absolute atomic E-state index is 5.82. The largest absolute Gasteiger partial charge is 0.467 e. The molecule has 0 fully saturated rings. The molecule has 0 radical (unpaired) electrons. The lowest BCUT2D eigenvalue weighted by Gasteiger charge is -2.27. The van der Waals surface area contributed by atoms with E-state index >= 15 is 0 Å². The molecule has 1 aliphatic rings. The van der Waals surface area contributed by atoms with Crippen LogP contribution in [0.5, 0.6) is 0 Å². The second-order valence-corrected chi connectivity index (χ2v) is 5.35. The summed E-state index contributed by atoms with van der Waals surface area (Å²) in [5, 5.41) is 1.91. The van der Waals surface area contributed by atoms with E-state index < -0.39 is 0 Å². The maximum atomic E-state index is 5.82. The number of hydroxylamine groups is 2. The summed E-state index contributed by atoms with van der Waals surface area (Å²) in [5.41, 5.74) is 7.15. The number of hydrogen-bond donors (Lipinski definition) is 1. The summed E-state index contributed by atoms with van der Waals surface area (Å²) in [6, 6.07) is 14.5. The fraction of sp³-hybridized carbons (Fsp3) is 0.294. The number of nitrogens with two attached hydrogens (primary N) is 1. The Labute approximate surface area is 124 Å². The highest BCUT2D eigenvalue weighted by atomic mass is 16.7. The fourth-order valence-electron chi connectivity index (χ4n) is 2.62. The second-order valence-electron chi connectivity index (χ2n) is 5.35. The average Bonchev–Trinajstić information content (AvgIpc) is 3.14. The van der Waals surface area contributed by atoms with Crippen molar-refractivity contribution in [2.75, 3.05) is 0 Å². The van der Waals surface area contributed by atoms with E-state index in [9.17, 15) is 0 Å². The molecule has 2 aromatic rings. The van der Waals surface area contributed by atoms with Crippen molar-refractivity contribution in [1.82, 2.24) is 5.06 Å². The molecule has 0 amide bonds. The molecule has 3 rings (SSSR count). The Balaban J connectivity index is 1.65. The van der Waals surface area contributed by atoms with Crippen molar-refractivity contribution < 1.29 is 9.25 Å². The molecule has 1 aromatic heterocycles. The quantitative estimate of drug-likeness (QED) is 0.914. The van der Waals surface area contributed by atoms with Crippen molar-refractivity contribution in [3.05, 3.63) is 72.0 Å². The van der Waals surface area contributed by atoms with Gasteiger partial charge in [0.2, 0.25) is 5.88 Å². The van der Waals surface area contributed by atoms with Crippen LogP contribution in [0.1, 0.15) is 30.7 Å². The van der Waals surface area contributed by atoms with Crippen molar-refractivity contribution in [2.45, 2.75) is 31.8 Å². The predicted octanol–water partition coefficient (Wildman–Crippen LogP) is 3.39. The summed E-state index contributed by atoms with van der Waals surface area (Å²) in [6.07, 6.45) is 5.55. The van der Waals surface area contributed by atoms with Gasteiger partial charge in [-0.05, 0) is 37.5 Å². The highest BCUT2D eigenvalue weighted by molar-refractivity contribution is 5.17. The van der Waals surface area contributed by atoms with Gasteiger partial charge in [0.1, 0.15) is 11.8 Å². The molecule has 21 heavy (non-hydrogen) atoms. The number of hydrogen-bond acceptors (Lipinski definition) is 4. The van der Waals surface area contributed by atoms with E-state index in [1.54, 1.807) is 6.26 Å². The molecule has 2 heterocycles. The fourth-order valence-corrected chi connectivity index (χ4v) is 2.62. The van der Waals surface area contributed by atoms with Gasteiger partial charge in [-0.25, -0.2) is 0 Å². The molecule has 4 nitrogen and oxygen atoms in total. The van der Waals surface area contributed by atoms with Gasteiger partial charge in [0.05, 0.1) is 6.26 Å². The van der Waals surface area contributed by atoms with Crippen molar-refractivity contribution in [3.8, 4) is 0 Å². The Morgan fingerprint density at radius 3 is 2.71 bits per heavy atom. The monoisotopic (exact) mass is 284 g/mol. The number of rotatable bonds is 5. The molecule has 2 atom stereocenters. The zero-order valence-electron chi connectivity index (χ0n) is 12.1. The summed E-state index contributed by atoms with van der Waals surface area (Å²) < 4.78 is 5.49. The first kappa shape index (κ1) is 13.8. The van der Waals surface area contributed by atoms with E-state index in [0.29, 0.717) is 5.88 Å². The molecule has 2 unspecified atom stereocenters. The second kappa shape index (κ2) is 6.06. The third-order valence-corrected chi connectivity index (χ3v) is 3.77. The first-order valence-corrected chi connectivity index (χ1v) is 7.25. The normalized spacial score (nSPS) is 20.0. The highest BCUT2D eigenvalue weighted by Crippen LogP contribution is 2.32. The van der Waals surface area contributed by atoms with Gasteiger partial charge in [-0.3, -0.25) is 0 Å². The standard InChI is InChI=1S/C17H20N2O2/c1-13(9-10-14-6-3-2-4-7-14)19-15(12-17(18)21-19)16-8-5-11-20-16/h2-8,11-13,15H,9-10,18H2,1H3. The lowest BCUT2D eigenvalue weighted by Crippen LogP contribution is -2.33. The van der Waals surface area contributed by atoms with Gasteiger partial charge in [0, 0.05) is 12.1 Å². The van der Waals surface area contributed by atoms with Crippen LogP contribution in [0.15, 0.2) is 65.1 Å². The molecule has 110 valence electrons. The lowest BCUT2D eigenvalue weighted by molar-refractivity contribution is -0.152. The van der Waals surface area contributed by atoms with E-state index in [1.165, 1.54) is 5.56 Å². The van der Waals surface area contributed by atoms with Gasteiger partial charge in [-0.15, -0.1) is 5.06 Å². The Bertz CT molecular complexity index is 593.